The molecule has 0 bridgehead atoms. The Morgan fingerprint density at radius 3 is 1.54 bits per heavy atom. The second-order valence-corrected chi connectivity index (χ2v) is 2.28. The monoisotopic (exact) mass is 182 g/mol. The Balaban J connectivity index is 4.42. The Morgan fingerprint density at radius 1 is 1.08 bits per heavy atom. The molecule has 0 saturated heterocycles. The molecule has 0 spiro atoms. The molecular formula is C7H6N2O4. The maximum atomic E-state index is 10.3. The lowest BCUT2D eigenvalue weighted by Crippen LogP contribution is -2.20. The first-order chi connectivity index (χ1) is 6.02. The number of nitriles is 2. The number of hydrogen-bond donors (Lipinski definition) is 2. The predicted octanol–water partition coefficient (Wildman–Crippen LogP) is -0.175. The minimum atomic E-state index is -1.44. The van der Waals surface area contributed by atoms with E-state index in [0.29, 0.717) is 0 Å². The summed E-state index contributed by atoms with van der Waals surface area (Å²) >= 11 is 0. The molecule has 0 aromatic heterocycles. The van der Waals surface area contributed by atoms with Crippen LogP contribution in [-0.2, 0) is 9.59 Å². The highest BCUT2D eigenvalue weighted by Gasteiger charge is 2.26. The van der Waals surface area contributed by atoms with E-state index in [1.54, 1.807) is 0 Å². The lowest BCUT2D eigenvalue weighted by molar-refractivity contribution is -0.142. The Bertz CT molecular complexity index is 269. The molecule has 0 aromatic rings. The molecule has 0 heterocycles. The van der Waals surface area contributed by atoms with E-state index < -0.39 is 30.2 Å². The van der Waals surface area contributed by atoms with Crippen LogP contribution in [0.5, 0.6) is 0 Å². The highest BCUT2D eigenvalue weighted by Crippen LogP contribution is 2.11. The fourth-order valence-corrected chi connectivity index (χ4v) is 0.653. The van der Waals surface area contributed by atoms with Gasteiger partial charge in [0.2, 0.25) is 0 Å². The van der Waals surface area contributed by atoms with Gasteiger partial charge in [0.15, 0.2) is 0 Å². The third-order valence-corrected chi connectivity index (χ3v) is 1.38. The SMILES string of the molecule is N#CC(CC(C#N)C(=O)O)C(=O)O. The van der Waals surface area contributed by atoms with Crippen molar-refractivity contribution in [2.45, 2.75) is 6.42 Å². The van der Waals surface area contributed by atoms with E-state index in [1.807, 2.05) is 0 Å². The zero-order valence-corrected chi connectivity index (χ0v) is 6.47. The molecule has 13 heavy (non-hydrogen) atoms. The summed E-state index contributed by atoms with van der Waals surface area (Å²) < 4.78 is 0. The van der Waals surface area contributed by atoms with E-state index in [9.17, 15) is 9.59 Å². The van der Waals surface area contributed by atoms with Gasteiger partial charge in [-0.2, -0.15) is 10.5 Å². The Hall–Kier alpha value is -2.08. The van der Waals surface area contributed by atoms with Crippen LogP contribution in [0.1, 0.15) is 6.42 Å². The van der Waals surface area contributed by atoms with Crippen molar-refractivity contribution >= 4 is 11.9 Å². The number of nitrogens with zero attached hydrogens (tertiary/aromatic N) is 2. The summed E-state index contributed by atoms with van der Waals surface area (Å²) in [5.74, 6) is -5.71. The number of rotatable bonds is 4. The van der Waals surface area contributed by atoms with E-state index >= 15 is 0 Å². The minimum absolute atomic E-state index is 0.488. The van der Waals surface area contributed by atoms with Crippen LogP contribution >= 0.6 is 0 Å². The van der Waals surface area contributed by atoms with Crippen molar-refractivity contribution in [1.82, 2.24) is 0 Å². The average Bonchev–Trinajstić information content (AvgIpc) is 2.05. The highest BCUT2D eigenvalue weighted by molar-refractivity contribution is 5.77. The van der Waals surface area contributed by atoms with Crippen LogP contribution < -0.4 is 0 Å². The zero-order chi connectivity index (χ0) is 10.4. The molecule has 2 N–H and O–H groups in total. The quantitative estimate of drug-likeness (QED) is 0.621. The first-order valence-electron chi connectivity index (χ1n) is 3.27. The normalized spacial score (nSPS) is 13.4. The van der Waals surface area contributed by atoms with Gasteiger partial charge in [-0.05, 0) is 0 Å². The van der Waals surface area contributed by atoms with Crippen LogP contribution in [0.2, 0.25) is 0 Å². The molecule has 6 heteroatoms. The molecular weight excluding hydrogens is 176 g/mol. The van der Waals surface area contributed by atoms with Crippen LogP contribution in [0.25, 0.3) is 0 Å². The van der Waals surface area contributed by atoms with Crippen molar-refractivity contribution in [1.29, 1.82) is 10.5 Å². The summed E-state index contributed by atoms with van der Waals surface area (Å²) in [6, 6.07) is 2.81. The van der Waals surface area contributed by atoms with Gasteiger partial charge in [0.25, 0.3) is 0 Å². The molecule has 0 radical (unpaired) electrons. The Kier molecular flexibility index (Phi) is 3.97. The molecule has 0 aromatic carbocycles. The number of aliphatic carboxylic acids is 2. The van der Waals surface area contributed by atoms with Crippen molar-refractivity contribution in [3.63, 3.8) is 0 Å². The lowest BCUT2D eigenvalue weighted by Gasteiger charge is -2.04. The molecule has 6 nitrogen and oxygen atoms in total. The second kappa shape index (κ2) is 4.73. The largest absolute Gasteiger partial charge is 0.480 e. The van der Waals surface area contributed by atoms with Crippen LogP contribution in [0, 0.1) is 34.5 Å². The number of hydrogen-bond acceptors (Lipinski definition) is 4. The average molecular weight is 182 g/mol. The van der Waals surface area contributed by atoms with Crippen LogP contribution in [0.15, 0.2) is 0 Å². The zero-order valence-electron chi connectivity index (χ0n) is 6.47. The lowest BCUT2D eigenvalue weighted by atomic mass is 9.97. The number of carboxylic acid groups (broad SMARTS) is 2. The van der Waals surface area contributed by atoms with Crippen molar-refractivity contribution < 1.29 is 19.8 Å². The molecule has 2 atom stereocenters. The van der Waals surface area contributed by atoms with Crippen LogP contribution in [0.4, 0.5) is 0 Å². The van der Waals surface area contributed by atoms with Gasteiger partial charge in [0.05, 0.1) is 12.1 Å². The molecule has 2 unspecified atom stereocenters. The van der Waals surface area contributed by atoms with E-state index in [-0.39, 0.29) is 0 Å². The second-order valence-electron chi connectivity index (χ2n) is 2.28. The maximum Gasteiger partial charge on any atom is 0.320 e. The van der Waals surface area contributed by atoms with Crippen molar-refractivity contribution in [2.75, 3.05) is 0 Å². The van der Waals surface area contributed by atoms with E-state index in [0.717, 1.165) is 0 Å². The van der Waals surface area contributed by atoms with Gasteiger partial charge in [-0.1, -0.05) is 0 Å². The van der Waals surface area contributed by atoms with Crippen molar-refractivity contribution in [3.8, 4) is 12.1 Å². The molecule has 0 fully saturated rings. The Labute approximate surface area is 73.6 Å². The molecule has 68 valence electrons. The molecule has 0 rings (SSSR count). The highest BCUT2D eigenvalue weighted by atomic mass is 16.4. The van der Waals surface area contributed by atoms with Crippen LogP contribution in [0.3, 0.4) is 0 Å². The standard InChI is InChI=1S/C7H6N2O4/c8-2-4(6(10)11)1-5(3-9)7(12)13/h4-5H,1H2,(H,10,11)(H,12,13). The van der Waals surface area contributed by atoms with Crippen molar-refractivity contribution in [2.24, 2.45) is 11.8 Å². The summed E-state index contributed by atoms with van der Waals surface area (Å²) in [4.78, 5) is 20.6. The Morgan fingerprint density at radius 2 is 1.38 bits per heavy atom. The summed E-state index contributed by atoms with van der Waals surface area (Å²) in [5, 5.41) is 33.3. The van der Waals surface area contributed by atoms with Gasteiger partial charge in [-0.15, -0.1) is 0 Å². The van der Waals surface area contributed by atoms with Gasteiger partial charge < -0.3 is 10.2 Å². The van der Waals surface area contributed by atoms with E-state index in [4.69, 9.17) is 20.7 Å². The van der Waals surface area contributed by atoms with Gasteiger partial charge in [-0.25, -0.2) is 0 Å². The van der Waals surface area contributed by atoms with Crippen LogP contribution in [-0.4, -0.2) is 22.2 Å². The number of carboxylic acids is 2. The summed E-state index contributed by atoms with van der Waals surface area (Å²) in [6.07, 6.45) is -0.488. The third kappa shape index (κ3) is 3.21. The maximum absolute atomic E-state index is 10.3. The third-order valence-electron chi connectivity index (χ3n) is 1.38. The van der Waals surface area contributed by atoms with Gasteiger partial charge in [0.1, 0.15) is 11.8 Å². The number of carbonyl (C=O) groups is 2. The van der Waals surface area contributed by atoms with E-state index in [1.165, 1.54) is 12.1 Å². The fraction of sp³-hybridized carbons (Fsp3) is 0.429. The summed E-state index contributed by atoms with van der Waals surface area (Å²) in [6.45, 7) is 0. The van der Waals surface area contributed by atoms with Gasteiger partial charge in [0, 0.05) is 6.42 Å². The van der Waals surface area contributed by atoms with E-state index in [2.05, 4.69) is 0 Å². The summed E-state index contributed by atoms with van der Waals surface area (Å²) in [5.41, 5.74) is 0. The van der Waals surface area contributed by atoms with Gasteiger partial charge >= 0.3 is 11.9 Å². The van der Waals surface area contributed by atoms with Gasteiger partial charge in [-0.3, -0.25) is 9.59 Å². The fourth-order valence-electron chi connectivity index (χ4n) is 0.653. The predicted molar refractivity (Wildman–Crippen MR) is 38.1 cm³/mol. The molecule has 0 aliphatic rings. The smallest absolute Gasteiger partial charge is 0.320 e. The van der Waals surface area contributed by atoms with Crippen molar-refractivity contribution in [3.05, 3.63) is 0 Å². The molecule has 0 aliphatic carbocycles. The molecule has 0 aliphatic heterocycles. The first kappa shape index (κ1) is 10.9. The minimum Gasteiger partial charge on any atom is -0.480 e. The first-order valence-corrected chi connectivity index (χ1v) is 3.27. The summed E-state index contributed by atoms with van der Waals surface area (Å²) in [7, 11) is 0. The molecule has 0 saturated carbocycles. The topological polar surface area (TPSA) is 122 Å². The molecule has 0 amide bonds.